The van der Waals surface area contributed by atoms with Gasteiger partial charge in [-0.3, -0.25) is 19.2 Å². The van der Waals surface area contributed by atoms with Gasteiger partial charge in [0, 0.05) is 17.3 Å². The fourth-order valence-electron chi connectivity index (χ4n) is 5.69. The topological polar surface area (TPSA) is 67.2 Å². The minimum absolute atomic E-state index is 0.113. The number of nitrogens with one attached hydrogen (secondary N) is 1. The Kier molecular flexibility index (Phi) is 6.69. The number of carbonyl (C=O) groups is 2. The number of carbonyl (C=O) groups excluding carboxylic acids is 2. The van der Waals surface area contributed by atoms with Gasteiger partial charge in [-0.1, -0.05) is 69.5 Å². The third kappa shape index (κ3) is 4.70. The molecule has 2 heterocycles. The smallest absolute Gasteiger partial charge is 0.277 e. The van der Waals surface area contributed by atoms with Crippen LogP contribution in [0.2, 0.25) is 0 Å². The highest BCUT2D eigenvalue weighted by Crippen LogP contribution is 2.36. The van der Waals surface area contributed by atoms with E-state index in [9.17, 15) is 9.59 Å². The number of aromatic nitrogens is 2. The van der Waals surface area contributed by atoms with E-state index in [1.54, 1.807) is 9.58 Å². The Morgan fingerprint density at radius 2 is 1.73 bits per heavy atom. The maximum atomic E-state index is 14.2. The van der Waals surface area contributed by atoms with Crippen LogP contribution in [-0.4, -0.2) is 33.2 Å². The van der Waals surface area contributed by atoms with Gasteiger partial charge in [0.15, 0.2) is 0 Å². The lowest BCUT2D eigenvalue weighted by Gasteiger charge is -2.44. The van der Waals surface area contributed by atoms with Crippen molar-refractivity contribution in [2.75, 3.05) is 4.90 Å². The average molecular weight is 499 g/mol. The molecule has 2 aromatic carbocycles. The first kappa shape index (κ1) is 25.2. The van der Waals surface area contributed by atoms with E-state index in [0.717, 1.165) is 53.8 Å². The number of hydrogen-bond donors (Lipinski definition) is 1. The molecule has 5 rings (SSSR count). The van der Waals surface area contributed by atoms with Crippen molar-refractivity contribution < 1.29 is 9.59 Å². The van der Waals surface area contributed by atoms with Crippen LogP contribution in [0, 0.1) is 13.8 Å². The van der Waals surface area contributed by atoms with Crippen LogP contribution in [0.15, 0.2) is 48.5 Å². The van der Waals surface area contributed by atoms with Gasteiger partial charge in [0.1, 0.15) is 11.2 Å². The van der Waals surface area contributed by atoms with Crippen LogP contribution in [-0.2, 0) is 11.3 Å². The number of nitrogens with zero attached hydrogens (tertiary/aromatic N) is 3. The quantitative estimate of drug-likeness (QED) is 0.458. The Balaban J connectivity index is 1.56. The number of benzene rings is 2. The maximum absolute atomic E-state index is 14.2. The summed E-state index contributed by atoms with van der Waals surface area (Å²) in [5.41, 5.74) is 5.17. The molecule has 6 nitrogen and oxygen atoms in total. The molecule has 1 aliphatic carbocycles. The molecule has 37 heavy (non-hydrogen) atoms. The van der Waals surface area contributed by atoms with Crippen molar-refractivity contribution in [1.29, 1.82) is 0 Å². The third-order valence-corrected chi connectivity index (χ3v) is 8.06. The normalized spacial score (nSPS) is 20.3. The molecule has 0 unspecified atom stereocenters. The Morgan fingerprint density at radius 1 is 1.03 bits per heavy atom. The van der Waals surface area contributed by atoms with Crippen LogP contribution in [0.4, 0.5) is 5.69 Å². The molecule has 194 valence electrons. The van der Waals surface area contributed by atoms with Crippen molar-refractivity contribution in [3.05, 3.63) is 70.9 Å². The molecule has 6 heteroatoms. The molecule has 0 saturated heterocycles. The van der Waals surface area contributed by atoms with E-state index in [1.807, 2.05) is 45.0 Å². The molecule has 1 atom stereocenters. The second-order valence-corrected chi connectivity index (χ2v) is 11.4. The highest BCUT2D eigenvalue weighted by atomic mass is 16.2. The van der Waals surface area contributed by atoms with Gasteiger partial charge < -0.3 is 5.32 Å². The zero-order chi connectivity index (χ0) is 26.3. The minimum atomic E-state index is -1.11. The Hall–Kier alpha value is -3.41. The predicted molar refractivity (Wildman–Crippen MR) is 148 cm³/mol. The first-order valence-electron chi connectivity index (χ1n) is 13.6. The van der Waals surface area contributed by atoms with E-state index < -0.39 is 5.54 Å². The van der Waals surface area contributed by atoms with Crippen molar-refractivity contribution in [3.63, 3.8) is 0 Å². The minimum Gasteiger partial charge on any atom is -0.351 e. The lowest BCUT2D eigenvalue weighted by Crippen LogP contribution is -2.65. The van der Waals surface area contributed by atoms with Gasteiger partial charge >= 0.3 is 0 Å². The lowest BCUT2D eigenvalue weighted by atomic mass is 9.90. The van der Waals surface area contributed by atoms with Gasteiger partial charge in [-0.2, -0.15) is 5.10 Å². The summed E-state index contributed by atoms with van der Waals surface area (Å²) in [6, 6.07) is 16.4. The predicted octanol–water partition coefficient (Wildman–Crippen LogP) is 6.16. The summed E-state index contributed by atoms with van der Waals surface area (Å²) in [5, 5.41) is 8.12. The third-order valence-electron chi connectivity index (χ3n) is 8.06. The lowest BCUT2D eigenvalue weighted by molar-refractivity contribution is -0.127. The van der Waals surface area contributed by atoms with E-state index in [0.29, 0.717) is 18.2 Å². The Bertz CT molecular complexity index is 1320. The van der Waals surface area contributed by atoms with Crippen LogP contribution >= 0.6 is 0 Å². The molecule has 1 fully saturated rings. The number of rotatable bonds is 5. The highest BCUT2D eigenvalue weighted by Gasteiger charge is 2.49. The molecular weight excluding hydrogens is 460 g/mol. The first-order chi connectivity index (χ1) is 17.7. The molecule has 1 aromatic heterocycles. The van der Waals surface area contributed by atoms with Crippen molar-refractivity contribution >= 4 is 17.5 Å². The Labute approximate surface area is 220 Å². The van der Waals surface area contributed by atoms with Crippen molar-refractivity contribution in [2.24, 2.45) is 0 Å². The fraction of sp³-hybridized carbons (Fsp3) is 0.452. The fourth-order valence-corrected chi connectivity index (χ4v) is 5.69. The molecule has 0 radical (unpaired) electrons. The van der Waals surface area contributed by atoms with Gasteiger partial charge in [-0.05, 0) is 68.4 Å². The SMILES string of the molecule is Cc1ccc(C)c(N2C(=O)c3cc(-c4ccc(C(C)C)cc4)nn3C[C@]2(C)C(=O)NC2CCCCC2)c1. The summed E-state index contributed by atoms with van der Waals surface area (Å²) in [7, 11) is 0. The average Bonchev–Trinajstić information content (AvgIpc) is 3.31. The molecule has 0 spiro atoms. The highest BCUT2D eigenvalue weighted by molar-refractivity contribution is 6.12. The summed E-state index contributed by atoms with van der Waals surface area (Å²) in [6.07, 6.45) is 5.45. The maximum Gasteiger partial charge on any atom is 0.277 e. The summed E-state index contributed by atoms with van der Waals surface area (Å²) in [4.78, 5) is 29.8. The van der Waals surface area contributed by atoms with Crippen molar-refractivity contribution in [3.8, 4) is 11.3 Å². The van der Waals surface area contributed by atoms with E-state index in [1.165, 1.54) is 12.0 Å². The second kappa shape index (κ2) is 9.81. The monoisotopic (exact) mass is 498 g/mol. The first-order valence-corrected chi connectivity index (χ1v) is 13.6. The van der Waals surface area contributed by atoms with Gasteiger partial charge in [0.2, 0.25) is 5.91 Å². The summed E-state index contributed by atoms with van der Waals surface area (Å²) in [6.45, 7) is 10.5. The zero-order valence-corrected chi connectivity index (χ0v) is 22.7. The summed E-state index contributed by atoms with van der Waals surface area (Å²) >= 11 is 0. The van der Waals surface area contributed by atoms with E-state index in [2.05, 4.69) is 43.4 Å². The number of amides is 2. The zero-order valence-electron chi connectivity index (χ0n) is 22.7. The second-order valence-electron chi connectivity index (χ2n) is 11.4. The molecule has 2 amide bonds. The largest absolute Gasteiger partial charge is 0.351 e. The molecule has 1 aliphatic heterocycles. The Morgan fingerprint density at radius 3 is 2.41 bits per heavy atom. The van der Waals surface area contributed by atoms with Crippen molar-refractivity contribution in [1.82, 2.24) is 15.1 Å². The van der Waals surface area contributed by atoms with Crippen LogP contribution in [0.1, 0.15) is 86.0 Å². The molecule has 0 bridgehead atoms. The van der Waals surface area contributed by atoms with Gasteiger partial charge in [0.05, 0.1) is 12.2 Å². The number of fused-ring (bicyclic) bond motifs is 1. The summed E-state index contributed by atoms with van der Waals surface area (Å²) in [5.74, 6) is 0.136. The van der Waals surface area contributed by atoms with Crippen molar-refractivity contribution in [2.45, 2.75) is 90.8 Å². The van der Waals surface area contributed by atoms with Crippen LogP contribution < -0.4 is 10.2 Å². The molecular formula is C31H38N4O2. The molecule has 3 aromatic rings. The van der Waals surface area contributed by atoms with E-state index >= 15 is 0 Å². The van der Waals surface area contributed by atoms with Gasteiger partial charge in [-0.15, -0.1) is 0 Å². The molecule has 1 N–H and O–H groups in total. The van der Waals surface area contributed by atoms with Gasteiger partial charge in [-0.25, -0.2) is 0 Å². The van der Waals surface area contributed by atoms with Gasteiger partial charge in [0.25, 0.3) is 5.91 Å². The number of aryl methyl sites for hydroxylation is 2. The molecule has 1 saturated carbocycles. The van der Waals surface area contributed by atoms with Crippen LogP contribution in [0.5, 0.6) is 0 Å². The summed E-state index contributed by atoms with van der Waals surface area (Å²) < 4.78 is 1.73. The molecule has 2 aliphatic rings. The standard InChI is InChI=1S/C31H38N4O2/c1-20(2)23-13-15-24(16-14-23)26-18-28-29(36)35(27-17-21(3)11-12-22(27)4)31(5,19-34(28)33-26)30(37)32-25-9-7-6-8-10-25/h11-18,20,25H,6-10,19H2,1-5H3,(H,32,37)/t31-/m1/s1. The van der Waals surface area contributed by atoms with Crippen LogP contribution in [0.3, 0.4) is 0 Å². The van der Waals surface area contributed by atoms with Crippen LogP contribution in [0.25, 0.3) is 11.3 Å². The number of anilines is 1. The van der Waals surface area contributed by atoms with E-state index in [-0.39, 0.29) is 17.9 Å². The number of hydrogen-bond acceptors (Lipinski definition) is 3. The van der Waals surface area contributed by atoms with E-state index in [4.69, 9.17) is 5.10 Å².